The zero-order chi connectivity index (χ0) is 15.1. The molecule has 1 saturated heterocycles. The van der Waals surface area contributed by atoms with Gasteiger partial charge < -0.3 is 25.8 Å². The average Bonchev–Trinajstić information content (AvgIpc) is 2.44. The first-order chi connectivity index (χ1) is 9.47. The highest BCUT2D eigenvalue weighted by Crippen LogP contribution is 2.11. The molecule has 0 aliphatic carbocycles. The Bertz CT molecular complexity index is 374. The molecule has 0 aromatic carbocycles. The zero-order valence-electron chi connectivity index (χ0n) is 11.5. The number of aliphatic carboxylic acids is 1. The maximum absolute atomic E-state index is 12.2. The Morgan fingerprint density at radius 3 is 2.80 bits per heavy atom. The molecule has 1 fully saturated rings. The minimum atomic E-state index is -1.00. The maximum atomic E-state index is 12.2. The quantitative estimate of drug-likeness (QED) is 0.549. The minimum Gasteiger partial charge on any atom is -0.481 e. The van der Waals surface area contributed by atoms with Crippen LogP contribution in [0.3, 0.4) is 0 Å². The normalized spacial score (nSPS) is 20.3. The van der Waals surface area contributed by atoms with Gasteiger partial charge in [0.1, 0.15) is 6.04 Å². The van der Waals surface area contributed by atoms with E-state index in [1.807, 2.05) is 0 Å². The van der Waals surface area contributed by atoms with Crippen molar-refractivity contribution < 1.29 is 24.2 Å². The van der Waals surface area contributed by atoms with Crippen molar-refractivity contribution in [2.24, 2.45) is 5.73 Å². The molecule has 2 amide bonds. The van der Waals surface area contributed by atoms with Gasteiger partial charge in [0.05, 0.1) is 19.3 Å². The molecular weight excluding hydrogens is 266 g/mol. The monoisotopic (exact) mass is 287 g/mol. The highest BCUT2D eigenvalue weighted by molar-refractivity contribution is 5.90. The molecule has 1 aliphatic rings. The van der Waals surface area contributed by atoms with Crippen LogP contribution in [0.4, 0.5) is 0 Å². The third-order valence-electron chi connectivity index (χ3n) is 3.05. The fourth-order valence-corrected chi connectivity index (χ4v) is 1.99. The van der Waals surface area contributed by atoms with Crippen LogP contribution in [0.15, 0.2) is 0 Å². The summed E-state index contributed by atoms with van der Waals surface area (Å²) >= 11 is 0. The number of nitrogens with zero attached hydrogens (tertiary/aromatic N) is 1. The predicted octanol–water partition coefficient (Wildman–Crippen LogP) is -1.46. The van der Waals surface area contributed by atoms with Gasteiger partial charge in [-0.25, -0.2) is 0 Å². The second-order valence-electron chi connectivity index (χ2n) is 4.56. The van der Waals surface area contributed by atoms with Gasteiger partial charge in [-0.2, -0.15) is 0 Å². The van der Waals surface area contributed by atoms with Crippen LogP contribution >= 0.6 is 0 Å². The Balaban J connectivity index is 2.66. The minimum absolute atomic E-state index is 0.0492. The van der Waals surface area contributed by atoms with Crippen molar-refractivity contribution in [3.63, 3.8) is 0 Å². The van der Waals surface area contributed by atoms with Crippen molar-refractivity contribution in [2.45, 2.75) is 31.8 Å². The molecule has 0 aromatic rings. The van der Waals surface area contributed by atoms with E-state index in [1.54, 1.807) is 6.92 Å². The number of rotatable bonds is 6. The Morgan fingerprint density at radius 2 is 2.20 bits per heavy atom. The molecule has 4 N–H and O–H groups in total. The van der Waals surface area contributed by atoms with Gasteiger partial charge in [0, 0.05) is 19.5 Å². The number of hydrogen-bond acceptors (Lipinski definition) is 5. The summed E-state index contributed by atoms with van der Waals surface area (Å²) in [6.45, 7) is 2.99. The molecular formula is C12H21N3O5. The van der Waals surface area contributed by atoms with E-state index in [4.69, 9.17) is 15.6 Å². The number of ether oxygens (including phenoxy) is 1. The summed E-state index contributed by atoms with van der Waals surface area (Å²) in [4.78, 5) is 36.0. The number of carbonyl (C=O) groups is 3. The Kier molecular flexibility index (Phi) is 6.40. The van der Waals surface area contributed by atoms with E-state index in [0.29, 0.717) is 13.2 Å². The van der Waals surface area contributed by atoms with Crippen LogP contribution in [0.2, 0.25) is 0 Å². The summed E-state index contributed by atoms with van der Waals surface area (Å²) in [6, 6.07) is -1.62. The molecule has 20 heavy (non-hydrogen) atoms. The van der Waals surface area contributed by atoms with Crippen LogP contribution in [-0.2, 0) is 19.1 Å². The van der Waals surface area contributed by atoms with Gasteiger partial charge in [0.25, 0.3) is 0 Å². The van der Waals surface area contributed by atoms with Crippen LogP contribution < -0.4 is 11.1 Å². The zero-order valence-corrected chi connectivity index (χ0v) is 11.5. The third-order valence-corrected chi connectivity index (χ3v) is 3.05. The van der Waals surface area contributed by atoms with Crippen LogP contribution in [0, 0.1) is 0 Å². The van der Waals surface area contributed by atoms with Gasteiger partial charge in [-0.1, -0.05) is 0 Å². The first kappa shape index (κ1) is 16.4. The first-order valence-electron chi connectivity index (χ1n) is 6.60. The van der Waals surface area contributed by atoms with Crippen molar-refractivity contribution in [1.82, 2.24) is 10.2 Å². The molecule has 1 heterocycles. The number of nitrogens with two attached hydrogens (primary N) is 1. The Morgan fingerprint density at radius 1 is 1.50 bits per heavy atom. The number of hydrogen-bond donors (Lipinski definition) is 3. The van der Waals surface area contributed by atoms with Crippen LogP contribution in [0.1, 0.15) is 19.8 Å². The summed E-state index contributed by atoms with van der Waals surface area (Å²) in [6.07, 6.45) is -0.128. The van der Waals surface area contributed by atoms with E-state index in [9.17, 15) is 14.4 Å². The number of likely N-dealkylation sites (N-methyl/N-ethyl adjacent to an activating group) is 1. The molecule has 114 valence electrons. The molecule has 1 rings (SSSR count). The molecule has 2 unspecified atom stereocenters. The van der Waals surface area contributed by atoms with Gasteiger partial charge in [-0.05, 0) is 13.3 Å². The molecule has 0 bridgehead atoms. The number of amides is 2. The Labute approximate surface area is 117 Å². The van der Waals surface area contributed by atoms with Gasteiger partial charge in [0.2, 0.25) is 11.8 Å². The Hall–Kier alpha value is -1.67. The van der Waals surface area contributed by atoms with Gasteiger partial charge in [-0.3, -0.25) is 14.4 Å². The molecule has 8 nitrogen and oxygen atoms in total. The summed E-state index contributed by atoms with van der Waals surface area (Å²) in [5.74, 6) is -1.70. The SMILES string of the molecule is CCNC(=O)C1COCCN1C(=O)C(N)CCC(=O)O. The van der Waals surface area contributed by atoms with Crippen LogP contribution in [0.25, 0.3) is 0 Å². The van der Waals surface area contributed by atoms with Crippen molar-refractivity contribution >= 4 is 17.8 Å². The van der Waals surface area contributed by atoms with E-state index in [0.717, 1.165) is 0 Å². The standard InChI is InChI=1S/C12H21N3O5/c1-2-14-11(18)9-7-20-6-5-15(9)12(19)8(13)3-4-10(16)17/h8-9H,2-7,13H2,1H3,(H,14,18)(H,16,17). The number of carbonyl (C=O) groups excluding carboxylic acids is 2. The predicted molar refractivity (Wildman–Crippen MR) is 69.8 cm³/mol. The summed E-state index contributed by atoms with van der Waals surface area (Å²) in [5, 5.41) is 11.2. The summed E-state index contributed by atoms with van der Waals surface area (Å²) in [5.41, 5.74) is 5.71. The molecule has 1 aliphatic heterocycles. The van der Waals surface area contributed by atoms with E-state index >= 15 is 0 Å². The lowest BCUT2D eigenvalue weighted by atomic mass is 10.1. The van der Waals surface area contributed by atoms with Gasteiger partial charge in [-0.15, -0.1) is 0 Å². The molecule has 0 aromatic heterocycles. The lowest BCUT2D eigenvalue weighted by Gasteiger charge is -2.35. The second kappa shape index (κ2) is 7.81. The second-order valence-corrected chi connectivity index (χ2v) is 4.56. The van der Waals surface area contributed by atoms with Gasteiger partial charge in [0.15, 0.2) is 0 Å². The maximum Gasteiger partial charge on any atom is 0.303 e. The smallest absolute Gasteiger partial charge is 0.303 e. The number of nitrogens with one attached hydrogen (secondary N) is 1. The lowest BCUT2D eigenvalue weighted by Crippen LogP contribution is -2.59. The van der Waals surface area contributed by atoms with Crippen molar-refractivity contribution in [3.8, 4) is 0 Å². The number of morpholine rings is 1. The number of carboxylic acid groups (broad SMARTS) is 1. The van der Waals surface area contributed by atoms with E-state index < -0.39 is 24.0 Å². The van der Waals surface area contributed by atoms with Crippen molar-refractivity contribution in [1.29, 1.82) is 0 Å². The highest BCUT2D eigenvalue weighted by Gasteiger charge is 2.34. The summed E-state index contributed by atoms with van der Waals surface area (Å²) in [7, 11) is 0. The number of carboxylic acids is 1. The third kappa shape index (κ3) is 4.46. The average molecular weight is 287 g/mol. The van der Waals surface area contributed by atoms with Crippen LogP contribution in [-0.4, -0.2) is 66.2 Å². The van der Waals surface area contributed by atoms with Crippen LogP contribution in [0.5, 0.6) is 0 Å². The lowest BCUT2D eigenvalue weighted by molar-refractivity contribution is -0.149. The molecule has 0 radical (unpaired) electrons. The molecule has 8 heteroatoms. The fourth-order valence-electron chi connectivity index (χ4n) is 1.99. The van der Waals surface area contributed by atoms with E-state index in [2.05, 4.69) is 5.32 Å². The molecule has 0 spiro atoms. The molecule has 2 atom stereocenters. The highest BCUT2D eigenvalue weighted by atomic mass is 16.5. The van der Waals surface area contributed by atoms with E-state index in [-0.39, 0.29) is 31.9 Å². The largest absolute Gasteiger partial charge is 0.481 e. The van der Waals surface area contributed by atoms with Gasteiger partial charge >= 0.3 is 5.97 Å². The molecule has 0 saturated carbocycles. The van der Waals surface area contributed by atoms with E-state index in [1.165, 1.54) is 4.90 Å². The van der Waals surface area contributed by atoms with Crippen molar-refractivity contribution in [3.05, 3.63) is 0 Å². The van der Waals surface area contributed by atoms with Crippen molar-refractivity contribution in [2.75, 3.05) is 26.3 Å². The fraction of sp³-hybridized carbons (Fsp3) is 0.750. The first-order valence-corrected chi connectivity index (χ1v) is 6.60. The topological polar surface area (TPSA) is 122 Å². The summed E-state index contributed by atoms with van der Waals surface area (Å²) < 4.78 is 5.22.